The predicted molar refractivity (Wildman–Crippen MR) is 71.6 cm³/mol. The molecule has 0 atom stereocenters. The molecule has 1 aliphatic rings. The zero-order valence-corrected chi connectivity index (χ0v) is 11.0. The molecule has 0 amide bonds. The summed E-state index contributed by atoms with van der Waals surface area (Å²) >= 11 is 0. The Labute approximate surface area is 108 Å². The van der Waals surface area contributed by atoms with E-state index in [0.717, 1.165) is 25.0 Å². The minimum Gasteiger partial charge on any atom is -0.369 e. The Balaban J connectivity index is 2.23. The van der Waals surface area contributed by atoms with E-state index in [0.29, 0.717) is 17.3 Å². The molecule has 0 aliphatic heterocycles. The minimum absolute atomic E-state index is 0.305. The van der Waals surface area contributed by atoms with E-state index in [-0.39, 0.29) is 5.82 Å². The van der Waals surface area contributed by atoms with Gasteiger partial charge in [-0.25, -0.2) is 4.39 Å². The van der Waals surface area contributed by atoms with Crippen LogP contribution in [0.15, 0.2) is 18.2 Å². The Morgan fingerprint density at radius 2 is 1.94 bits per heavy atom. The van der Waals surface area contributed by atoms with Gasteiger partial charge in [-0.2, -0.15) is 0 Å². The fraction of sp³-hybridized carbons (Fsp3) is 0.533. The van der Waals surface area contributed by atoms with E-state index in [1.807, 2.05) is 11.9 Å². The van der Waals surface area contributed by atoms with Crippen LogP contribution in [0.3, 0.4) is 0 Å². The van der Waals surface area contributed by atoms with E-state index in [9.17, 15) is 9.18 Å². The van der Waals surface area contributed by atoms with Crippen LogP contribution in [0, 0.1) is 11.7 Å². The molecule has 0 saturated heterocycles. The first kappa shape index (κ1) is 13.1. The van der Waals surface area contributed by atoms with Gasteiger partial charge in [-0.15, -0.1) is 0 Å². The lowest BCUT2D eigenvalue weighted by atomic mass is 9.86. The van der Waals surface area contributed by atoms with Gasteiger partial charge in [0.15, 0.2) is 6.29 Å². The summed E-state index contributed by atoms with van der Waals surface area (Å²) in [5.41, 5.74) is 0.892. The zero-order chi connectivity index (χ0) is 13.1. The molecule has 18 heavy (non-hydrogen) atoms. The first-order valence-corrected chi connectivity index (χ1v) is 6.60. The number of para-hydroxylation sites is 1. The predicted octanol–water partition coefficient (Wildman–Crippen LogP) is 3.65. The topological polar surface area (TPSA) is 20.3 Å². The van der Waals surface area contributed by atoms with Gasteiger partial charge in [0.2, 0.25) is 0 Å². The molecule has 2 rings (SSSR count). The molecule has 1 aromatic carbocycles. The number of aldehydes is 1. The molecule has 0 radical (unpaired) electrons. The summed E-state index contributed by atoms with van der Waals surface area (Å²) in [5.74, 6) is 0.460. The molecule has 0 aromatic heterocycles. The van der Waals surface area contributed by atoms with Crippen molar-refractivity contribution in [3.63, 3.8) is 0 Å². The second-order valence-electron chi connectivity index (χ2n) is 5.32. The van der Waals surface area contributed by atoms with Crippen LogP contribution in [-0.2, 0) is 0 Å². The fourth-order valence-electron chi connectivity index (χ4n) is 2.81. The molecular formula is C15H20FNO. The number of hydrogen-bond acceptors (Lipinski definition) is 2. The normalized spacial score (nSPS) is 23.7. The van der Waals surface area contributed by atoms with Crippen LogP contribution in [0.25, 0.3) is 0 Å². The highest BCUT2D eigenvalue weighted by molar-refractivity contribution is 5.84. The maximum absolute atomic E-state index is 13.9. The lowest BCUT2D eigenvalue weighted by molar-refractivity contribution is 0.112. The smallest absolute Gasteiger partial charge is 0.152 e. The second-order valence-corrected chi connectivity index (χ2v) is 5.32. The van der Waals surface area contributed by atoms with Crippen LogP contribution in [0.5, 0.6) is 0 Å². The molecule has 1 saturated carbocycles. The van der Waals surface area contributed by atoms with Crippen LogP contribution in [0.2, 0.25) is 0 Å². The standard InChI is InChI=1S/C15H20FNO/c1-11-6-8-13(9-7-11)17(2)15-12(10-18)4-3-5-14(15)16/h3-5,10-11,13H,6-9H2,1-2H3. The molecular weight excluding hydrogens is 229 g/mol. The van der Waals surface area contributed by atoms with Crippen LogP contribution in [0.1, 0.15) is 43.0 Å². The highest BCUT2D eigenvalue weighted by atomic mass is 19.1. The molecule has 3 heteroatoms. The molecule has 98 valence electrons. The maximum atomic E-state index is 13.9. The van der Waals surface area contributed by atoms with E-state index in [2.05, 4.69) is 6.92 Å². The van der Waals surface area contributed by atoms with Crippen molar-refractivity contribution in [2.75, 3.05) is 11.9 Å². The number of carbonyl (C=O) groups excluding carboxylic acids is 1. The molecule has 0 bridgehead atoms. The van der Waals surface area contributed by atoms with Gasteiger partial charge >= 0.3 is 0 Å². The van der Waals surface area contributed by atoms with Crippen LogP contribution >= 0.6 is 0 Å². The van der Waals surface area contributed by atoms with Gasteiger partial charge in [0.25, 0.3) is 0 Å². The van der Waals surface area contributed by atoms with E-state index in [1.165, 1.54) is 18.9 Å². The van der Waals surface area contributed by atoms with Gasteiger partial charge in [-0.1, -0.05) is 13.0 Å². The Hall–Kier alpha value is -1.38. The largest absolute Gasteiger partial charge is 0.369 e. The summed E-state index contributed by atoms with van der Waals surface area (Å²) in [7, 11) is 1.89. The summed E-state index contributed by atoms with van der Waals surface area (Å²) in [5, 5.41) is 0. The zero-order valence-electron chi connectivity index (χ0n) is 11.0. The molecule has 0 unspecified atom stereocenters. The number of halogens is 1. The Kier molecular flexibility index (Phi) is 4.00. The maximum Gasteiger partial charge on any atom is 0.152 e. The van der Waals surface area contributed by atoms with E-state index in [4.69, 9.17) is 0 Å². The first-order chi connectivity index (χ1) is 8.63. The number of rotatable bonds is 3. The molecule has 0 N–H and O–H groups in total. The fourth-order valence-corrected chi connectivity index (χ4v) is 2.81. The summed E-state index contributed by atoms with van der Waals surface area (Å²) in [6.07, 6.45) is 5.24. The van der Waals surface area contributed by atoms with Crippen molar-refractivity contribution >= 4 is 12.0 Å². The van der Waals surface area contributed by atoms with Gasteiger partial charge in [0.1, 0.15) is 5.82 Å². The minimum atomic E-state index is -0.305. The number of hydrogen-bond donors (Lipinski definition) is 0. The van der Waals surface area contributed by atoms with Crippen molar-refractivity contribution in [3.8, 4) is 0 Å². The van der Waals surface area contributed by atoms with E-state index >= 15 is 0 Å². The SMILES string of the molecule is CC1CCC(N(C)c2c(F)cccc2C=O)CC1. The lowest BCUT2D eigenvalue weighted by Gasteiger charge is -2.35. The number of anilines is 1. The third-order valence-electron chi connectivity index (χ3n) is 4.03. The van der Waals surface area contributed by atoms with Crippen molar-refractivity contribution in [1.29, 1.82) is 0 Å². The van der Waals surface area contributed by atoms with Crippen molar-refractivity contribution in [1.82, 2.24) is 0 Å². The van der Waals surface area contributed by atoms with Gasteiger partial charge in [0, 0.05) is 18.7 Å². The van der Waals surface area contributed by atoms with E-state index < -0.39 is 0 Å². The lowest BCUT2D eigenvalue weighted by Crippen LogP contribution is -2.36. The molecule has 0 heterocycles. The summed E-state index contributed by atoms with van der Waals surface area (Å²) in [4.78, 5) is 13.0. The average molecular weight is 249 g/mol. The molecule has 1 aliphatic carbocycles. The molecule has 1 aromatic rings. The monoisotopic (exact) mass is 249 g/mol. The van der Waals surface area contributed by atoms with Crippen LogP contribution < -0.4 is 4.90 Å². The van der Waals surface area contributed by atoms with Crippen LogP contribution in [-0.4, -0.2) is 19.4 Å². The average Bonchev–Trinajstić information content (AvgIpc) is 2.38. The molecule has 1 fully saturated rings. The summed E-state index contributed by atoms with van der Waals surface area (Å²) in [6, 6.07) is 5.02. The highest BCUT2D eigenvalue weighted by Gasteiger charge is 2.24. The third-order valence-corrected chi connectivity index (χ3v) is 4.03. The Morgan fingerprint density at radius 1 is 1.28 bits per heavy atom. The highest BCUT2D eigenvalue weighted by Crippen LogP contribution is 2.31. The second kappa shape index (κ2) is 5.51. The molecule has 0 spiro atoms. The van der Waals surface area contributed by atoms with Crippen LogP contribution in [0.4, 0.5) is 10.1 Å². The Morgan fingerprint density at radius 3 is 2.56 bits per heavy atom. The Bertz CT molecular complexity index is 425. The van der Waals surface area contributed by atoms with Crippen molar-refractivity contribution in [3.05, 3.63) is 29.6 Å². The number of nitrogens with zero attached hydrogens (tertiary/aromatic N) is 1. The van der Waals surface area contributed by atoms with E-state index in [1.54, 1.807) is 12.1 Å². The van der Waals surface area contributed by atoms with Crippen molar-refractivity contribution in [2.24, 2.45) is 5.92 Å². The van der Waals surface area contributed by atoms with Crippen molar-refractivity contribution < 1.29 is 9.18 Å². The van der Waals surface area contributed by atoms with Gasteiger partial charge in [-0.05, 0) is 43.7 Å². The van der Waals surface area contributed by atoms with Gasteiger partial charge in [0.05, 0.1) is 5.69 Å². The summed E-state index contributed by atoms with van der Waals surface area (Å²) < 4.78 is 13.9. The first-order valence-electron chi connectivity index (χ1n) is 6.60. The molecule has 2 nitrogen and oxygen atoms in total. The van der Waals surface area contributed by atoms with Gasteiger partial charge < -0.3 is 4.90 Å². The number of benzene rings is 1. The third kappa shape index (κ3) is 2.55. The van der Waals surface area contributed by atoms with Crippen molar-refractivity contribution in [2.45, 2.75) is 38.6 Å². The number of carbonyl (C=O) groups is 1. The quantitative estimate of drug-likeness (QED) is 0.762. The summed E-state index contributed by atoms with van der Waals surface area (Å²) in [6.45, 7) is 2.26. The van der Waals surface area contributed by atoms with Gasteiger partial charge in [-0.3, -0.25) is 4.79 Å².